The fourth-order valence-electron chi connectivity index (χ4n) is 6.27. The predicted molar refractivity (Wildman–Crippen MR) is 161 cm³/mol. The van der Waals surface area contributed by atoms with Crippen molar-refractivity contribution in [2.45, 2.75) is 43.8 Å². The summed E-state index contributed by atoms with van der Waals surface area (Å²) >= 11 is 6.08. The van der Waals surface area contributed by atoms with Crippen molar-refractivity contribution in [2.75, 3.05) is 20.2 Å². The van der Waals surface area contributed by atoms with Crippen LogP contribution in [0.15, 0.2) is 66.7 Å². The number of hydrogen-bond acceptors (Lipinski definition) is 6. The monoisotopic (exact) mass is 586 g/mol. The maximum atomic E-state index is 13.9. The predicted octanol–water partition coefficient (Wildman–Crippen LogP) is 3.85. The van der Waals surface area contributed by atoms with Crippen molar-refractivity contribution in [1.29, 1.82) is 0 Å². The maximum absolute atomic E-state index is 13.9. The summed E-state index contributed by atoms with van der Waals surface area (Å²) in [7, 11) is 3.50. The number of ether oxygens (including phenoxy) is 1. The molecule has 0 saturated carbocycles. The first-order valence-corrected chi connectivity index (χ1v) is 14.7. The van der Waals surface area contributed by atoms with Crippen LogP contribution < -0.4 is 15.4 Å². The van der Waals surface area contributed by atoms with Gasteiger partial charge in [0.25, 0.3) is 0 Å². The fraction of sp³-hybridized carbons (Fsp3) is 0.375. The molecule has 218 valence electrons. The quantitative estimate of drug-likeness (QED) is 0.325. The van der Waals surface area contributed by atoms with Gasteiger partial charge in [0.2, 0.25) is 11.8 Å². The number of likely N-dealkylation sites (tertiary alicyclic amines) is 1. The number of rotatable bonds is 8. The van der Waals surface area contributed by atoms with E-state index in [1.54, 1.807) is 16.7 Å². The molecule has 0 spiro atoms. The van der Waals surface area contributed by atoms with Gasteiger partial charge in [-0.1, -0.05) is 47.1 Å². The minimum Gasteiger partial charge on any atom is -0.497 e. The Bertz CT molecular complexity index is 1570. The molecule has 0 radical (unpaired) electrons. The molecule has 1 unspecified atom stereocenters. The molecule has 6 rings (SSSR count). The van der Waals surface area contributed by atoms with Gasteiger partial charge in [-0.3, -0.25) is 9.59 Å². The van der Waals surface area contributed by atoms with E-state index in [0.717, 1.165) is 39.9 Å². The lowest BCUT2D eigenvalue weighted by atomic mass is 9.96. The highest BCUT2D eigenvalue weighted by molar-refractivity contribution is 6.30. The number of amides is 2. The van der Waals surface area contributed by atoms with E-state index in [0.29, 0.717) is 37.5 Å². The number of fused-ring (bicyclic) bond motifs is 1. The van der Waals surface area contributed by atoms with E-state index in [9.17, 15) is 9.59 Å². The Balaban J connectivity index is 1.16. The zero-order valence-corrected chi connectivity index (χ0v) is 24.6. The Morgan fingerprint density at radius 2 is 1.81 bits per heavy atom. The summed E-state index contributed by atoms with van der Waals surface area (Å²) < 4.78 is 7.02. The van der Waals surface area contributed by atoms with Gasteiger partial charge in [0.15, 0.2) is 0 Å². The van der Waals surface area contributed by atoms with Crippen LogP contribution in [0.4, 0.5) is 0 Å². The number of nitrogens with zero attached hydrogens (tertiary/aromatic N) is 4. The van der Waals surface area contributed by atoms with Crippen molar-refractivity contribution in [3.8, 4) is 5.75 Å². The van der Waals surface area contributed by atoms with Gasteiger partial charge >= 0.3 is 0 Å². The van der Waals surface area contributed by atoms with Crippen molar-refractivity contribution in [3.63, 3.8) is 0 Å². The van der Waals surface area contributed by atoms with E-state index in [1.807, 2.05) is 61.6 Å². The van der Waals surface area contributed by atoms with Crippen LogP contribution in [0.1, 0.15) is 35.4 Å². The third kappa shape index (κ3) is 5.98. The van der Waals surface area contributed by atoms with Gasteiger partial charge in [-0.05, 0) is 84.2 Å². The molecular weight excluding hydrogens is 552 g/mol. The highest BCUT2D eigenvalue weighted by Gasteiger charge is 2.43. The van der Waals surface area contributed by atoms with Gasteiger partial charge in [-0.15, -0.1) is 5.10 Å². The normalized spacial score (nSPS) is 22.0. The maximum Gasteiger partial charge on any atom is 0.243 e. The van der Waals surface area contributed by atoms with Gasteiger partial charge in [0.1, 0.15) is 17.3 Å². The molecule has 10 heteroatoms. The van der Waals surface area contributed by atoms with Crippen LogP contribution in [-0.2, 0) is 29.6 Å². The zero-order chi connectivity index (χ0) is 29.2. The second-order valence-corrected chi connectivity index (χ2v) is 11.8. The summed E-state index contributed by atoms with van der Waals surface area (Å²) in [4.78, 5) is 29.4. The van der Waals surface area contributed by atoms with Crippen LogP contribution in [0.5, 0.6) is 5.75 Å². The lowest BCUT2D eigenvalue weighted by Gasteiger charge is -2.27. The molecule has 2 fully saturated rings. The molecule has 3 heterocycles. The van der Waals surface area contributed by atoms with Gasteiger partial charge in [0.05, 0.1) is 18.7 Å². The van der Waals surface area contributed by atoms with Crippen LogP contribution in [0, 0.1) is 5.92 Å². The molecule has 2 aliphatic heterocycles. The summed E-state index contributed by atoms with van der Waals surface area (Å²) in [5, 5.41) is 15.5. The van der Waals surface area contributed by atoms with Gasteiger partial charge in [0, 0.05) is 31.7 Å². The number of methoxy groups -OCH3 is 1. The molecule has 4 aromatic rings. The minimum absolute atomic E-state index is 0.00942. The molecule has 4 atom stereocenters. The van der Waals surface area contributed by atoms with Crippen molar-refractivity contribution in [3.05, 3.63) is 88.4 Å². The molecule has 0 aliphatic carbocycles. The van der Waals surface area contributed by atoms with Gasteiger partial charge in [-0.25, -0.2) is 4.68 Å². The molecular formula is C32H35ClN6O3. The molecule has 1 aromatic heterocycles. The summed E-state index contributed by atoms with van der Waals surface area (Å²) in [6.45, 7) is 1.61. The van der Waals surface area contributed by atoms with Crippen molar-refractivity contribution < 1.29 is 14.3 Å². The third-order valence-corrected chi connectivity index (χ3v) is 8.82. The smallest absolute Gasteiger partial charge is 0.243 e. The zero-order valence-electron chi connectivity index (χ0n) is 23.8. The van der Waals surface area contributed by atoms with Crippen LogP contribution in [0.25, 0.3) is 11.0 Å². The van der Waals surface area contributed by atoms with Crippen LogP contribution in [0.3, 0.4) is 0 Å². The number of nitrogens with one attached hydrogen (secondary N) is 2. The first-order valence-electron chi connectivity index (χ1n) is 14.4. The Morgan fingerprint density at radius 1 is 1.05 bits per heavy atom. The molecule has 2 aliphatic rings. The highest BCUT2D eigenvalue weighted by Crippen LogP contribution is 2.32. The average Bonchev–Trinajstić information content (AvgIpc) is 3.75. The van der Waals surface area contributed by atoms with E-state index < -0.39 is 6.04 Å². The SMILES string of the molecule is COc1ccc(C[C@@H]2C[C@@H](C(=O)NCc3ccc4c(c3)nnn4C)N(C(=O)[C@H]3CC(c4ccc(Cl)cc4)CN3)C2)cc1. The van der Waals surface area contributed by atoms with E-state index in [4.69, 9.17) is 16.3 Å². The molecule has 2 amide bonds. The number of aromatic nitrogens is 3. The van der Waals surface area contributed by atoms with Crippen LogP contribution in [0.2, 0.25) is 5.02 Å². The van der Waals surface area contributed by atoms with E-state index in [1.165, 1.54) is 0 Å². The highest BCUT2D eigenvalue weighted by atomic mass is 35.5. The Hall–Kier alpha value is -3.95. The number of carbonyl (C=O) groups is 2. The Kier molecular flexibility index (Phi) is 8.13. The lowest BCUT2D eigenvalue weighted by molar-refractivity contribution is -0.139. The van der Waals surface area contributed by atoms with E-state index in [2.05, 4.69) is 33.1 Å². The summed E-state index contributed by atoms with van der Waals surface area (Å²) in [6, 6.07) is 20.8. The Labute approximate surface area is 250 Å². The van der Waals surface area contributed by atoms with Crippen LogP contribution >= 0.6 is 11.6 Å². The topological polar surface area (TPSA) is 101 Å². The molecule has 2 N–H and O–H groups in total. The first kappa shape index (κ1) is 28.2. The Morgan fingerprint density at radius 3 is 2.57 bits per heavy atom. The number of aryl methyl sites for hydroxylation is 1. The molecule has 42 heavy (non-hydrogen) atoms. The number of benzene rings is 3. The average molecular weight is 587 g/mol. The molecule has 3 aromatic carbocycles. The molecule has 0 bridgehead atoms. The van der Waals surface area contributed by atoms with Crippen molar-refractivity contribution >= 4 is 34.4 Å². The third-order valence-electron chi connectivity index (χ3n) is 8.57. The summed E-state index contributed by atoms with van der Waals surface area (Å²) in [5.74, 6) is 1.05. The molecule has 2 saturated heterocycles. The number of halogens is 1. The van der Waals surface area contributed by atoms with Crippen molar-refractivity contribution in [1.82, 2.24) is 30.5 Å². The van der Waals surface area contributed by atoms with Crippen molar-refractivity contribution in [2.24, 2.45) is 13.0 Å². The standard InChI is InChI=1S/C32H35ClN6O3/c1-38-29-12-5-21(14-27(29)36-37-38)17-35-31(40)30-15-22(13-20-3-10-26(42-2)11-4-20)19-39(30)32(41)28-16-24(18-34-28)23-6-8-25(33)9-7-23/h3-12,14,22,24,28,30,34H,13,15-19H2,1-2H3,(H,35,40)/t22-,24?,28-,30+/m1/s1. The number of hydrogen-bond donors (Lipinski definition) is 2. The second kappa shape index (κ2) is 12.1. The van der Waals surface area contributed by atoms with Gasteiger partial charge < -0.3 is 20.3 Å². The van der Waals surface area contributed by atoms with Crippen LogP contribution in [-0.4, -0.2) is 64.0 Å². The lowest BCUT2D eigenvalue weighted by Crippen LogP contribution is -2.51. The second-order valence-electron chi connectivity index (χ2n) is 11.4. The fourth-order valence-corrected chi connectivity index (χ4v) is 6.40. The first-order chi connectivity index (χ1) is 20.4. The largest absolute Gasteiger partial charge is 0.497 e. The minimum atomic E-state index is -0.530. The van der Waals surface area contributed by atoms with E-state index >= 15 is 0 Å². The van der Waals surface area contributed by atoms with Gasteiger partial charge in [-0.2, -0.15) is 0 Å². The summed E-state index contributed by atoms with van der Waals surface area (Å²) in [6.07, 6.45) is 2.08. The number of carbonyl (C=O) groups excluding carboxylic acids is 2. The molecule has 9 nitrogen and oxygen atoms in total. The van der Waals surface area contributed by atoms with E-state index in [-0.39, 0.29) is 29.7 Å². The summed E-state index contributed by atoms with van der Waals surface area (Å²) in [5.41, 5.74) is 4.97.